The second-order valence-electron chi connectivity index (χ2n) is 8.78. The number of para-hydroxylation sites is 1. The SMILES string of the molecule is CC(=O)CN1CC2(CCN(C(=O)NCC(C)C)CC2)COc2ccccc2S1(=O)=O. The lowest BCUT2D eigenvalue weighted by molar-refractivity contribution is -0.117. The van der Waals surface area contributed by atoms with Crippen molar-refractivity contribution in [2.24, 2.45) is 11.3 Å². The van der Waals surface area contributed by atoms with Gasteiger partial charge in [0.05, 0.1) is 13.2 Å². The largest absolute Gasteiger partial charge is 0.492 e. The Kier molecular flexibility index (Phi) is 6.71. The van der Waals surface area contributed by atoms with Gasteiger partial charge in [0.1, 0.15) is 16.4 Å². The zero-order valence-electron chi connectivity index (χ0n) is 17.9. The summed E-state index contributed by atoms with van der Waals surface area (Å²) in [5, 5.41) is 2.93. The van der Waals surface area contributed by atoms with Crippen LogP contribution in [0.1, 0.15) is 33.6 Å². The van der Waals surface area contributed by atoms with E-state index < -0.39 is 15.4 Å². The average Bonchev–Trinajstić information content (AvgIpc) is 2.70. The van der Waals surface area contributed by atoms with Gasteiger partial charge in [-0.3, -0.25) is 4.79 Å². The summed E-state index contributed by atoms with van der Waals surface area (Å²) in [6.45, 7) is 7.50. The number of ketones is 1. The van der Waals surface area contributed by atoms with Crippen LogP contribution in [0.3, 0.4) is 0 Å². The number of hydrogen-bond donors (Lipinski definition) is 1. The van der Waals surface area contributed by atoms with Gasteiger partial charge in [-0.1, -0.05) is 26.0 Å². The number of carbonyl (C=O) groups excluding carboxylic acids is 2. The van der Waals surface area contributed by atoms with Crippen molar-refractivity contribution in [3.05, 3.63) is 24.3 Å². The monoisotopic (exact) mass is 437 g/mol. The Morgan fingerprint density at radius 3 is 2.50 bits per heavy atom. The second-order valence-corrected chi connectivity index (χ2v) is 10.7. The number of benzene rings is 1. The van der Waals surface area contributed by atoms with Crippen LogP contribution in [0.5, 0.6) is 5.75 Å². The summed E-state index contributed by atoms with van der Waals surface area (Å²) in [6, 6.07) is 6.45. The summed E-state index contributed by atoms with van der Waals surface area (Å²) >= 11 is 0. The first-order chi connectivity index (χ1) is 14.1. The van der Waals surface area contributed by atoms with Crippen molar-refractivity contribution in [1.82, 2.24) is 14.5 Å². The Hall–Kier alpha value is -2.13. The Labute approximate surface area is 178 Å². The maximum atomic E-state index is 13.3. The normalized spacial score (nSPS) is 20.7. The van der Waals surface area contributed by atoms with Gasteiger partial charge >= 0.3 is 6.03 Å². The van der Waals surface area contributed by atoms with Crippen molar-refractivity contribution in [2.45, 2.75) is 38.5 Å². The molecule has 8 nitrogen and oxygen atoms in total. The molecule has 0 unspecified atom stereocenters. The van der Waals surface area contributed by atoms with Crippen LogP contribution in [-0.2, 0) is 14.8 Å². The molecule has 1 saturated heterocycles. The molecule has 3 rings (SSSR count). The van der Waals surface area contributed by atoms with E-state index in [-0.39, 0.29) is 29.8 Å². The van der Waals surface area contributed by atoms with E-state index >= 15 is 0 Å². The number of likely N-dealkylation sites (tertiary alicyclic amines) is 1. The quantitative estimate of drug-likeness (QED) is 0.778. The van der Waals surface area contributed by atoms with E-state index in [9.17, 15) is 18.0 Å². The number of amides is 2. The summed E-state index contributed by atoms with van der Waals surface area (Å²) in [7, 11) is -3.87. The summed E-state index contributed by atoms with van der Waals surface area (Å²) < 4.78 is 33.8. The minimum Gasteiger partial charge on any atom is -0.492 e. The van der Waals surface area contributed by atoms with E-state index in [1.54, 1.807) is 23.1 Å². The van der Waals surface area contributed by atoms with E-state index in [1.807, 2.05) is 13.8 Å². The zero-order valence-corrected chi connectivity index (χ0v) is 18.7. The standard InChI is InChI=1S/C21H31N3O5S/c1-16(2)12-22-20(26)23-10-8-21(9-11-23)14-24(13-17(3)25)30(27,28)19-7-5-4-6-18(19)29-15-21/h4-7,16H,8-15H2,1-3H3,(H,22,26). The number of Topliss-reactive ketones (excluding diaryl/α,β-unsaturated/α-hetero) is 1. The maximum absolute atomic E-state index is 13.3. The highest BCUT2D eigenvalue weighted by Crippen LogP contribution is 2.39. The molecule has 0 bridgehead atoms. The van der Waals surface area contributed by atoms with Crippen molar-refractivity contribution < 1.29 is 22.7 Å². The lowest BCUT2D eigenvalue weighted by Gasteiger charge is -2.44. The number of carbonyl (C=O) groups is 2. The van der Waals surface area contributed by atoms with Gasteiger partial charge in [-0.15, -0.1) is 0 Å². The predicted octanol–water partition coefficient (Wildman–Crippen LogP) is 2.11. The molecule has 0 radical (unpaired) electrons. The minimum atomic E-state index is -3.87. The third kappa shape index (κ3) is 4.95. The number of nitrogens with one attached hydrogen (secondary N) is 1. The van der Waals surface area contributed by atoms with Gasteiger partial charge in [-0.05, 0) is 37.8 Å². The summed E-state index contributed by atoms with van der Waals surface area (Å²) in [5.41, 5.74) is -0.453. The smallest absolute Gasteiger partial charge is 0.317 e. The van der Waals surface area contributed by atoms with E-state index in [4.69, 9.17) is 4.74 Å². The van der Waals surface area contributed by atoms with Crippen LogP contribution in [0.4, 0.5) is 4.79 Å². The van der Waals surface area contributed by atoms with Crippen LogP contribution in [0.15, 0.2) is 29.2 Å². The van der Waals surface area contributed by atoms with Crippen molar-refractivity contribution in [1.29, 1.82) is 0 Å². The Morgan fingerprint density at radius 2 is 1.87 bits per heavy atom. The molecule has 0 aliphatic carbocycles. The highest BCUT2D eigenvalue weighted by atomic mass is 32.2. The maximum Gasteiger partial charge on any atom is 0.317 e. The van der Waals surface area contributed by atoms with Crippen LogP contribution in [-0.4, -0.2) is 68.8 Å². The van der Waals surface area contributed by atoms with Crippen LogP contribution < -0.4 is 10.1 Å². The fourth-order valence-electron chi connectivity index (χ4n) is 3.94. The molecule has 1 fully saturated rings. The fourth-order valence-corrected chi connectivity index (χ4v) is 5.64. The van der Waals surface area contributed by atoms with Crippen LogP contribution in [0.2, 0.25) is 0 Å². The first kappa shape index (κ1) is 22.6. The Bertz CT molecular complexity index is 892. The van der Waals surface area contributed by atoms with Crippen LogP contribution in [0.25, 0.3) is 0 Å². The van der Waals surface area contributed by atoms with Crippen LogP contribution in [0, 0.1) is 11.3 Å². The summed E-state index contributed by atoms with van der Waals surface area (Å²) in [4.78, 5) is 26.1. The third-order valence-corrected chi connectivity index (χ3v) is 7.52. The third-order valence-electron chi connectivity index (χ3n) is 5.68. The summed E-state index contributed by atoms with van der Waals surface area (Å²) in [6.07, 6.45) is 1.21. The predicted molar refractivity (Wildman–Crippen MR) is 113 cm³/mol. The number of piperidine rings is 1. The first-order valence-corrected chi connectivity index (χ1v) is 11.8. The van der Waals surface area contributed by atoms with Crippen LogP contribution >= 0.6 is 0 Å². The highest BCUT2D eigenvalue weighted by molar-refractivity contribution is 7.89. The van der Waals surface area contributed by atoms with E-state index in [2.05, 4.69) is 5.32 Å². The van der Waals surface area contributed by atoms with Gasteiger partial charge in [0.15, 0.2) is 0 Å². The molecule has 0 atom stereocenters. The van der Waals surface area contributed by atoms with Gasteiger partial charge in [-0.2, -0.15) is 4.31 Å². The zero-order chi connectivity index (χ0) is 21.9. The molecule has 2 aliphatic rings. The topological polar surface area (TPSA) is 96.0 Å². The number of urea groups is 1. The number of hydrogen-bond acceptors (Lipinski definition) is 5. The molecule has 9 heteroatoms. The number of fused-ring (bicyclic) bond motifs is 1. The molecular weight excluding hydrogens is 406 g/mol. The average molecular weight is 438 g/mol. The minimum absolute atomic E-state index is 0.0894. The molecule has 0 saturated carbocycles. The first-order valence-electron chi connectivity index (χ1n) is 10.4. The van der Waals surface area contributed by atoms with Crippen molar-refractivity contribution in [3.63, 3.8) is 0 Å². The molecule has 2 heterocycles. The van der Waals surface area contributed by atoms with Gasteiger partial charge in [-0.25, -0.2) is 13.2 Å². The van der Waals surface area contributed by atoms with Crippen molar-refractivity contribution in [2.75, 3.05) is 39.3 Å². The van der Waals surface area contributed by atoms with Crippen molar-refractivity contribution in [3.8, 4) is 5.75 Å². The van der Waals surface area contributed by atoms with Gasteiger partial charge < -0.3 is 15.0 Å². The number of sulfonamides is 1. The molecule has 0 aromatic heterocycles. The Balaban J connectivity index is 1.82. The second kappa shape index (κ2) is 8.93. The number of rotatable bonds is 4. The molecule has 1 aromatic rings. The lowest BCUT2D eigenvalue weighted by atomic mass is 9.79. The number of nitrogens with zero attached hydrogens (tertiary/aromatic N) is 2. The van der Waals surface area contributed by atoms with Crippen molar-refractivity contribution >= 4 is 21.8 Å². The molecule has 2 aliphatic heterocycles. The van der Waals surface area contributed by atoms with Gasteiger partial charge in [0.2, 0.25) is 10.0 Å². The molecule has 1 N–H and O–H groups in total. The van der Waals surface area contributed by atoms with E-state index in [1.165, 1.54) is 17.3 Å². The van der Waals surface area contributed by atoms with Gasteiger partial charge in [0, 0.05) is 31.6 Å². The highest BCUT2D eigenvalue weighted by Gasteiger charge is 2.43. The number of ether oxygens (including phenoxy) is 1. The van der Waals surface area contributed by atoms with Gasteiger partial charge in [0.25, 0.3) is 0 Å². The molecule has 30 heavy (non-hydrogen) atoms. The van der Waals surface area contributed by atoms with E-state index in [0.29, 0.717) is 50.8 Å². The molecular formula is C21H31N3O5S. The Morgan fingerprint density at radius 1 is 1.20 bits per heavy atom. The molecule has 1 spiro atoms. The molecule has 1 aromatic carbocycles. The summed E-state index contributed by atoms with van der Waals surface area (Å²) in [5.74, 6) is 0.468. The molecule has 166 valence electrons. The molecule has 2 amide bonds. The van der Waals surface area contributed by atoms with E-state index in [0.717, 1.165) is 0 Å². The fraction of sp³-hybridized carbons (Fsp3) is 0.619. The lowest BCUT2D eigenvalue weighted by Crippen LogP contribution is -2.54.